The molecule has 4 nitrogen and oxygen atoms in total. The fraction of sp³-hybridized carbons (Fsp3) is 0.182. The predicted molar refractivity (Wildman–Crippen MR) is 113 cm³/mol. The number of nitrogens with zero attached hydrogens (tertiary/aromatic N) is 2. The first-order valence-corrected chi connectivity index (χ1v) is 9.84. The third-order valence-electron chi connectivity index (χ3n) is 5.10. The molecule has 0 radical (unpaired) electrons. The van der Waals surface area contributed by atoms with E-state index in [2.05, 4.69) is 15.9 Å². The van der Waals surface area contributed by atoms with Gasteiger partial charge in [-0.25, -0.2) is 0 Å². The van der Waals surface area contributed by atoms with Crippen LogP contribution >= 0.6 is 23.2 Å². The third kappa shape index (κ3) is 3.23. The summed E-state index contributed by atoms with van der Waals surface area (Å²) in [5, 5.41) is 1.44. The Hall–Kier alpha value is -2.56. The monoisotopic (exact) mass is 412 g/mol. The molecule has 0 unspecified atom stereocenters. The zero-order valence-corrected chi connectivity index (χ0v) is 16.6. The summed E-state index contributed by atoms with van der Waals surface area (Å²) in [6, 6.07) is 19.8. The first kappa shape index (κ1) is 17.5. The molecule has 0 saturated heterocycles. The lowest BCUT2D eigenvalue weighted by Crippen LogP contribution is -2.35. The minimum Gasteiger partial charge on any atom is -0.473 e. The first-order valence-electron chi connectivity index (χ1n) is 9.09. The van der Waals surface area contributed by atoms with Gasteiger partial charge in [-0.3, -0.25) is 0 Å². The van der Waals surface area contributed by atoms with Crippen LogP contribution in [0.15, 0.2) is 60.7 Å². The Labute approximate surface area is 173 Å². The smallest absolute Gasteiger partial charge is 0.161 e. The van der Waals surface area contributed by atoms with Crippen LogP contribution in [0.5, 0.6) is 11.5 Å². The van der Waals surface area contributed by atoms with Gasteiger partial charge in [-0.2, -0.15) is 0 Å². The summed E-state index contributed by atoms with van der Waals surface area (Å²) in [7, 11) is 0. The Kier molecular flexibility index (Phi) is 4.46. The molecule has 6 heteroatoms. The topological polar surface area (TPSA) is 24.9 Å². The van der Waals surface area contributed by atoms with Crippen molar-refractivity contribution in [3.05, 3.63) is 81.8 Å². The SMILES string of the molecule is Clc1cccc(N2COc3c(ccc4c3CN(c3cccc(Cl)c3)CO4)C2)c1. The highest BCUT2D eigenvalue weighted by molar-refractivity contribution is 6.31. The minimum atomic E-state index is 0.473. The Morgan fingerprint density at radius 3 is 2.04 bits per heavy atom. The highest BCUT2D eigenvalue weighted by Gasteiger charge is 2.27. The normalized spacial score (nSPS) is 15.4. The number of benzene rings is 3. The van der Waals surface area contributed by atoms with Crippen molar-refractivity contribution < 1.29 is 9.47 Å². The van der Waals surface area contributed by atoms with Gasteiger partial charge in [0.25, 0.3) is 0 Å². The molecule has 2 heterocycles. The first-order chi connectivity index (χ1) is 13.7. The maximum Gasteiger partial charge on any atom is 0.161 e. The standard InChI is InChI=1S/C22H18Cl2N2O2/c23-16-3-1-5-18(9-16)25-11-15-7-8-21-20(22(15)28-14-25)12-26(13-27-21)19-6-2-4-17(24)10-19/h1-10H,11-14H2. The number of hydrogen-bond acceptors (Lipinski definition) is 4. The molecule has 28 heavy (non-hydrogen) atoms. The molecule has 0 atom stereocenters. The van der Waals surface area contributed by atoms with Crippen LogP contribution in [0.3, 0.4) is 0 Å². The Morgan fingerprint density at radius 2 is 1.36 bits per heavy atom. The van der Waals surface area contributed by atoms with Crippen molar-refractivity contribution in [1.29, 1.82) is 0 Å². The number of hydrogen-bond donors (Lipinski definition) is 0. The molecule has 0 fully saturated rings. The number of rotatable bonds is 2. The number of halogens is 2. The van der Waals surface area contributed by atoms with E-state index in [1.54, 1.807) is 0 Å². The lowest BCUT2D eigenvalue weighted by molar-refractivity contribution is 0.260. The van der Waals surface area contributed by atoms with E-state index in [9.17, 15) is 0 Å². The second-order valence-corrected chi connectivity index (χ2v) is 7.81. The summed E-state index contributed by atoms with van der Waals surface area (Å²) in [5.41, 5.74) is 4.30. The second-order valence-electron chi connectivity index (χ2n) is 6.93. The van der Waals surface area contributed by atoms with Crippen molar-refractivity contribution in [3.8, 4) is 11.5 Å². The van der Waals surface area contributed by atoms with Gasteiger partial charge in [0, 0.05) is 33.5 Å². The van der Waals surface area contributed by atoms with Gasteiger partial charge in [-0.15, -0.1) is 0 Å². The quantitative estimate of drug-likeness (QED) is 0.538. The molecule has 5 rings (SSSR count). The van der Waals surface area contributed by atoms with E-state index in [4.69, 9.17) is 32.7 Å². The van der Waals surface area contributed by atoms with E-state index in [1.807, 2.05) is 54.6 Å². The highest BCUT2D eigenvalue weighted by atomic mass is 35.5. The summed E-state index contributed by atoms with van der Waals surface area (Å²) in [5.74, 6) is 1.80. The lowest BCUT2D eigenvalue weighted by Gasteiger charge is -2.36. The van der Waals surface area contributed by atoms with Gasteiger partial charge in [0.05, 0.1) is 12.1 Å². The zero-order chi connectivity index (χ0) is 19.1. The van der Waals surface area contributed by atoms with Crippen LogP contribution in [0.1, 0.15) is 11.1 Å². The Bertz CT molecular complexity index is 1040. The average molecular weight is 413 g/mol. The number of fused-ring (bicyclic) bond motifs is 3. The molecule has 142 valence electrons. The van der Waals surface area contributed by atoms with Crippen molar-refractivity contribution >= 4 is 34.6 Å². The van der Waals surface area contributed by atoms with Crippen molar-refractivity contribution in [2.45, 2.75) is 13.1 Å². The van der Waals surface area contributed by atoms with Gasteiger partial charge in [0.15, 0.2) is 13.5 Å². The maximum absolute atomic E-state index is 6.19. The van der Waals surface area contributed by atoms with Crippen molar-refractivity contribution in [2.75, 3.05) is 23.3 Å². The molecule has 2 aliphatic heterocycles. The molecule has 0 N–H and O–H groups in total. The molecule has 2 aliphatic rings. The van der Waals surface area contributed by atoms with E-state index in [0.29, 0.717) is 18.5 Å². The second kappa shape index (κ2) is 7.12. The molecular formula is C22H18Cl2N2O2. The third-order valence-corrected chi connectivity index (χ3v) is 5.57. The predicted octanol–water partition coefficient (Wildman–Crippen LogP) is 5.71. The maximum atomic E-state index is 6.19. The van der Waals surface area contributed by atoms with Crippen LogP contribution in [0.25, 0.3) is 0 Å². The van der Waals surface area contributed by atoms with Gasteiger partial charge >= 0.3 is 0 Å². The highest BCUT2D eigenvalue weighted by Crippen LogP contribution is 2.40. The Balaban J connectivity index is 1.44. The summed E-state index contributed by atoms with van der Waals surface area (Å²) in [4.78, 5) is 4.32. The summed E-state index contributed by atoms with van der Waals surface area (Å²) in [6.07, 6.45) is 0. The molecule has 0 bridgehead atoms. The summed E-state index contributed by atoms with van der Waals surface area (Å²) >= 11 is 12.3. The van der Waals surface area contributed by atoms with Crippen LogP contribution in [0.2, 0.25) is 10.0 Å². The average Bonchev–Trinajstić information content (AvgIpc) is 2.73. The van der Waals surface area contributed by atoms with Gasteiger partial charge in [0.1, 0.15) is 11.5 Å². The van der Waals surface area contributed by atoms with Crippen LogP contribution in [0.4, 0.5) is 11.4 Å². The molecule has 3 aromatic rings. The lowest BCUT2D eigenvalue weighted by atomic mass is 10.0. The van der Waals surface area contributed by atoms with E-state index < -0.39 is 0 Å². The molecule has 0 aromatic heterocycles. The largest absolute Gasteiger partial charge is 0.473 e. The minimum absolute atomic E-state index is 0.473. The zero-order valence-electron chi connectivity index (χ0n) is 15.1. The van der Waals surface area contributed by atoms with Crippen molar-refractivity contribution in [3.63, 3.8) is 0 Å². The van der Waals surface area contributed by atoms with Gasteiger partial charge < -0.3 is 19.3 Å². The van der Waals surface area contributed by atoms with Crippen molar-refractivity contribution in [2.24, 2.45) is 0 Å². The fourth-order valence-corrected chi connectivity index (χ4v) is 4.07. The van der Waals surface area contributed by atoms with Crippen LogP contribution in [-0.2, 0) is 13.1 Å². The fourth-order valence-electron chi connectivity index (χ4n) is 3.70. The van der Waals surface area contributed by atoms with E-state index in [1.165, 1.54) is 0 Å². The van der Waals surface area contributed by atoms with Gasteiger partial charge in [-0.05, 0) is 48.5 Å². The molecule has 0 spiro atoms. The van der Waals surface area contributed by atoms with Crippen LogP contribution in [0, 0.1) is 0 Å². The number of ether oxygens (including phenoxy) is 2. The molecule has 0 aliphatic carbocycles. The van der Waals surface area contributed by atoms with Crippen LogP contribution < -0.4 is 19.3 Å². The molecule has 0 saturated carbocycles. The van der Waals surface area contributed by atoms with Crippen molar-refractivity contribution in [1.82, 2.24) is 0 Å². The van der Waals surface area contributed by atoms with Gasteiger partial charge in [0.2, 0.25) is 0 Å². The van der Waals surface area contributed by atoms with Crippen LogP contribution in [-0.4, -0.2) is 13.5 Å². The molecule has 0 amide bonds. The molecule has 3 aromatic carbocycles. The molecular weight excluding hydrogens is 395 g/mol. The van der Waals surface area contributed by atoms with E-state index in [-0.39, 0.29) is 0 Å². The summed E-state index contributed by atoms with van der Waals surface area (Å²) < 4.78 is 12.2. The number of anilines is 2. The Morgan fingerprint density at radius 1 is 0.714 bits per heavy atom. The summed E-state index contributed by atoms with van der Waals surface area (Å²) in [6.45, 7) is 2.44. The van der Waals surface area contributed by atoms with Gasteiger partial charge in [-0.1, -0.05) is 35.3 Å². The van der Waals surface area contributed by atoms with E-state index in [0.717, 1.165) is 52.1 Å². The van der Waals surface area contributed by atoms with E-state index >= 15 is 0 Å².